The van der Waals surface area contributed by atoms with E-state index in [4.69, 9.17) is 14.2 Å². The van der Waals surface area contributed by atoms with E-state index in [-0.39, 0.29) is 4.83 Å². The molecule has 1 atom stereocenters. The van der Waals surface area contributed by atoms with E-state index in [0.717, 1.165) is 28.4 Å². The fraction of sp³-hybridized carbons (Fsp3) is 0.250. The quantitative estimate of drug-likeness (QED) is 0.766. The fourth-order valence-electron chi connectivity index (χ4n) is 1.99. The smallest absolute Gasteiger partial charge is 0.123 e. The van der Waals surface area contributed by atoms with Gasteiger partial charge >= 0.3 is 0 Å². The first-order chi connectivity index (χ1) is 9.69. The van der Waals surface area contributed by atoms with Crippen molar-refractivity contribution in [3.8, 4) is 17.2 Å². The largest absolute Gasteiger partial charge is 0.497 e. The number of rotatable bonds is 5. The van der Waals surface area contributed by atoms with E-state index < -0.39 is 0 Å². The minimum Gasteiger partial charge on any atom is -0.497 e. The zero-order valence-electron chi connectivity index (χ0n) is 11.7. The zero-order valence-corrected chi connectivity index (χ0v) is 13.3. The van der Waals surface area contributed by atoms with Crippen LogP contribution in [0.4, 0.5) is 0 Å². The second-order valence-electron chi connectivity index (χ2n) is 4.24. The molecule has 0 saturated carbocycles. The Balaban J connectivity index is 2.37. The minimum atomic E-state index is 0.0263. The highest BCUT2D eigenvalue weighted by atomic mass is 79.9. The third kappa shape index (κ3) is 3.07. The highest BCUT2D eigenvalue weighted by molar-refractivity contribution is 9.09. The van der Waals surface area contributed by atoms with Gasteiger partial charge in [-0.15, -0.1) is 0 Å². The Bertz CT molecular complexity index is 566. The molecule has 0 aromatic heterocycles. The van der Waals surface area contributed by atoms with Gasteiger partial charge in [0.05, 0.1) is 26.2 Å². The maximum absolute atomic E-state index is 5.42. The Labute approximate surface area is 127 Å². The Morgan fingerprint density at radius 1 is 0.800 bits per heavy atom. The number of hydrogen-bond donors (Lipinski definition) is 0. The number of alkyl halides is 1. The standard InChI is InChI=1S/C16H17BrO3/c1-18-12-6-4-11(5-7-12)16(17)14-10-13(19-2)8-9-15(14)20-3/h4-10,16H,1-3H3. The highest BCUT2D eigenvalue weighted by Crippen LogP contribution is 2.38. The first-order valence-corrected chi connectivity index (χ1v) is 7.11. The van der Waals surface area contributed by atoms with Gasteiger partial charge in [-0.2, -0.15) is 0 Å². The average molecular weight is 337 g/mol. The molecule has 20 heavy (non-hydrogen) atoms. The molecule has 0 amide bonds. The van der Waals surface area contributed by atoms with Crippen LogP contribution in [-0.2, 0) is 0 Å². The van der Waals surface area contributed by atoms with Crippen molar-refractivity contribution in [3.63, 3.8) is 0 Å². The monoisotopic (exact) mass is 336 g/mol. The maximum atomic E-state index is 5.42. The number of halogens is 1. The molecule has 0 aliphatic rings. The predicted molar refractivity (Wildman–Crippen MR) is 83.3 cm³/mol. The van der Waals surface area contributed by atoms with Crippen molar-refractivity contribution in [2.75, 3.05) is 21.3 Å². The molecule has 0 aliphatic carbocycles. The molecule has 0 aliphatic heterocycles. The molecule has 2 rings (SSSR count). The Morgan fingerprint density at radius 2 is 1.40 bits per heavy atom. The molecule has 0 heterocycles. The first-order valence-electron chi connectivity index (χ1n) is 6.19. The van der Waals surface area contributed by atoms with Crippen molar-refractivity contribution in [1.29, 1.82) is 0 Å². The summed E-state index contributed by atoms with van der Waals surface area (Å²) in [4.78, 5) is 0.0263. The molecule has 0 bridgehead atoms. The first kappa shape index (κ1) is 14.7. The minimum absolute atomic E-state index is 0.0263. The fourth-order valence-corrected chi connectivity index (χ4v) is 2.65. The molecule has 4 heteroatoms. The van der Waals surface area contributed by atoms with E-state index in [2.05, 4.69) is 15.9 Å². The summed E-state index contributed by atoms with van der Waals surface area (Å²) in [5, 5.41) is 0. The van der Waals surface area contributed by atoms with Gasteiger partial charge in [0.25, 0.3) is 0 Å². The number of benzene rings is 2. The maximum Gasteiger partial charge on any atom is 0.123 e. The number of methoxy groups -OCH3 is 3. The van der Waals surface area contributed by atoms with Crippen LogP contribution in [0, 0.1) is 0 Å². The molecule has 2 aromatic carbocycles. The van der Waals surface area contributed by atoms with Gasteiger partial charge in [-0.05, 0) is 35.9 Å². The van der Waals surface area contributed by atoms with Crippen molar-refractivity contribution in [2.24, 2.45) is 0 Å². The van der Waals surface area contributed by atoms with Crippen LogP contribution in [0.5, 0.6) is 17.2 Å². The summed E-state index contributed by atoms with van der Waals surface area (Å²) in [6, 6.07) is 13.7. The summed E-state index contributed by atoms with van der Waals surface area (Å²) in [6.07, 6.45) is 0. The topological polar surface area (TPSA) is 27.7 Å². The summed E-state index contributed by atoms with van der Waals surface area (Å²) in [6.45, 7) is 0. The van der Waals surface area contributed by atoms with Crippen molar-refractivity contribution >= 4 is 15.9 Å². The van der Waals surface area contributed by atoms with E-state index in [1.54, 1.807) is 21.3 Å². The lowest BCUT2D eigenvalue weighted by molar-refractivity contribution is 0.399. The SMILES string of the molecule is COc1ccc(C(Br)c2cc(OC)ccc2OC)cc1. The molecule has 2 aromatic rings. The second kappa shape index (κ2) is 6.66. The van der Waals surface area contributed by atoms with E-state index in [1.165, 1.54) is 0 Å². The van der Waals surface area contributed by atoms with Crippen LogP contribution in [0.15, 0.2) is 42.5 Å². The van der Waals surface area contributed by atoms with Crippen molar-refractivity contribution < 1.29 is 14.2 Å². The summed E-state index contributed by atoms with van der Waals surface area (Å²) in [5.41, 5.74) is 2.15. The van der Waals surface area contributed by atoms with E-state index in [1.807, 2.05) is 42.5 Å². The molecule has 106 valence electrons. The lowest BCUT2D eigenvalue weighted by Gasteiger charge is -2.16. The summed E-state index contributed by atoms with van der Waals surface area (Å²) in [5.74, 6) is 2.47. The lowest BCUT2D eigenvalue weighted by Crippen LogP contribution is -1.98. The van der Waals surface area contributed by atoms with Crippen LogP contribution < -0.4 is 14.2 Å². The predicted octanol–water partition coefficient (Wildman–Crippen LogP) is 4.20. The van der Waals surface area contributed by atoms with Crippen LogP contribution in [0.1, 0.15) is 16.0 Å². The highest BCUT2D eigenvalue weighted by Gasteiger charge is 2.16. The van der Waals surface area contributed by atoms with Crippen LogP contribution in [0.25, 0.3) is 0 Å². The average Bonchev–Trinajstić information content (AvgIpc) is 2.53. The van der Waals surface area contributed by atoms with Gasteiger partial charge in [0.15, 0.2) is 0 Å². The van der Waals surface area contributed by atoms with Crippen LogP contribution in [-0.4, -0.2) is 21.3 Å². The van der Waals surface area contributed by atoms with Gasteiger partial charge in [-0.1, -0.05) is 28.1 Å². The van der Waals surface area contributed by atoms with Gasteiger partial charge in [-0.25, -0.2) is 0 Å². The van der Waals surface area contributed by atoms with E-state index in [9.17, 15) is 0 Å². The van der Waals surface area contributed by atoms with Gasteiger partial charge < -0.3 is 14.2 Å². The molecule has 0 radical (unpaired) electrons. The Hall–Kier alpha value is -1.68. The molecule has 0 fully saturated rings. The van der Waals surface area contributed by atoms with Crippen LogP contribution in [0.2, 0.25) is 0 Å². The van der Waals surface area contributed by atoms with Gasteiger partial charge in [0.1, 0.15) is 17.2 Å². The van der Waals surface area contributed by atoms with E-state index >= 15 is 0 Å². The molecule has 0 spiro atoms. The lowest BCUT2D eigenvalue weighted by atomic mass is 10.0. The van der Waals surface area contributed by atoms with Crippen LogP contribution >= 0.6 is 15.9 Å². The summed E-state index contributed by atoms with van der Waals surface area (Å²) < 4.78 is 15.9. The third-order valence-electron chi connectivity index (χ3n) is 3.12. The molecule has 1 unspecified atom stereocenters. The normalized spacial score (nSPS) is 11.8. The van der Waals surface area contributed by atoms with Gasteiger partial charge in [-0.3, -0.25) is 0 Å². The van der Waals surface area contributed by atoms with Crippen molar-refractivity contribution in [1.82, 2.24) is 0 Å². The van der Waals surface area contributed by atoms with E-state index in [0.29, 0.717) is 0 Å². The number of ether oxygens (including phenoxy) is 3. The summed E-state index contributed by atoms with van der Waals surface area (Å²) >= 11 is 3.72. The molecule has 3 nitrogen and oxygen atoms in total. The second-order valence-corrected chi connectivity index (χ2v) is 5.16. The molecular formula is C16H17BrO3. The summed E-state index contributed by atoms with van der Waals surface area (Å²) in [7, 11) is 4.98. The third-order valence-corrected chi connectivity index (χ3v) is 4.14. The molecule has 0 N–H and O–H groups in total. The van der Waals surface area contributed by atoms with Crippen LogP contribution in [0.3, 0.4) is 0 Å². The zero-order chi connectivity index (χ0) is 14.5. The number of hydrogen-bond acceptors (Lipinski definition) is 3. The van der Waals surface area contributed by atoms with Gasteiger partial charge in [0.2, 0.25) is 0 Å². The molecule has 0 saturated heterocycles. The molecular weight excluding hydrogens is 320 g/mol. The van der Waals surface area contributed by atoms with Crippen molar-refractivity contribution in [2.45, 2.75) is 4.83 Å². The Kier molecular flexibility index (Phi) is 4.90. The van der Waals surface area contributed by atoms with Gasteiger partial charge in [0, 0.05) is 5.56 Å². The Morgan fingerprint density at radius 3 is 1.95 bits per heavy atom. The van der Waals surface area contributed by atoms with Crippen molar-refractivity contribution in [3.05, 3.63) is 53.6 Å².